The standard InChI is InChI=1S/C47H30N2O/c1-3-13-29(14-4-1)41-28-42(30-15-5-2-6-16-30)49-46(48-41)31-23-24-33-32-17-7-10-20-37(32)47(40(33)27-31)38-21-11-8-19-36(38)44-39(47)26-25-35-34-18-9-12-22-43(34)50-45(35)44/h1-15,17-28,30H,16H2. The smallest absolute Gasteiger partial charge is 0.160 e. The van der Waals surface area contributed by atoms with E-state index in [0.717, 1.165) is 56.7 Å². The molecule has 11 rings (SSSR count). The van der Waals surface area contributed by atoms with Crippen molar-refractivity contribution in [3.05, 3.63) is 192 Å². The van der Waals surface area contributed by atoms with Crippen LogP contribution in [0.25, 0.3) is 66.8 Å². The molecule has 0 amide bonds. The van der Waals surface area contributed by atoms with Crippen LogP contribution in [0.5, 0.6) is 0 Å². The summed E-state index contributed by atoms with van der Waals surface area (Å²) in [7, 11) is 0. The summed E-state index contributed by atoms with van der Waals surface area (Å²) in [5.41, 5.74) is 15.4. The van der Waals surface area contributed by atoms with E-state index in [2.05, 4.69) is 158 Å². The molecule has 0 fully saturated rings. The number of benzene rings is 6. The maximum atomic E-state index is 6.72. The van der Waals surface area contributed by atoms with E-state index in [-0.39, 0.29) is 5.92 Å². The van der Waals surface area contributed by atoms with E-state index < -0.39 is 5.41 Å². The van der Waals surface area contributed by atoms with Gasteiger partial charge in [-0.05, 0) is 63.6 Å². The summed E-state index contributed by atoms with van der Waals surface area (Å²) in [6.07, 6.45) is 9.64. The highest BCUT2D eigenvalue weighted by atomic mass is 16.3. The lowest BCUT2D eigenvalue weighted by Crippen LogP contribution is -2.25. The Morgan fingerprint density at radius 3 is 2.18 bits per heavy atom. The molecule has 3 heteroatoms. The second-order valence-electron chi connectivity index (χ2n) is 13.6. The molecule has 0 aliphatic heterocycles. The van der Waals surface area contributed by atoms with Crippen molar-refractivity contribution in [2.24, 2.45) is 0 Å². The number of rotatable bonds is 3. The van der Waals surface area contributed by atoms with Crippen LogP contribution in [0, 0.1) is 0 Å². The minimum absolute atomic E-state index is 0.203. The molecule has 1 spiro atoms. The molecule has 2 atom stereocenters. The van der Waals surface area contributed by atoms with Gasteiger partial charge >= 0.3 is 0 Å². The zero-order valence-corrected chi connectivity index (χ0v) is 27.2. The van der Waals surface area contributed by atoms with Gasteiger partial charge in [-0.15, -0.1) is 0 Å². The highest BCUT2D eigenvalue weighted by Crippen LogP contribution is 2.64. The second-order valence-corrected chi connectivity index (χ2v) is 13.6. The first kappa shape index (κ1) is 27.6. The van der Waals surface area contributed by atoms with Gasteiger partial charge in [0, 0.05) is 33.4 Å². The van der Waals surface area contributed by atoms with E-state index in [1.165, 1.54) is 44.5 Å². The number of fused-ring (bicyclic) bond motifs is 14. The van der Waals surface area contributed by atoms with Gasteiger partial charge in [-0.3, -0.25) is 0 Å². The van der Waals surface area contributed by atoms with Gasteiger partial charge in [0.25, 0.3) is 0 Å². The lowest BCUT2D eigenvalue weighted by Gasteiger charge is -2.30. The van der Waals surface area contributed by atoms with Crippen LogP contribution in [-0.2, 0) is 5.41 Å². The van der Waals surface area contributed by atoms with Crippen molar-refractivity contribution in [1.82, 2.24) is 9.97 Å². The summed E-state index contributed by atoms with van der Waals surface area (Å²) in [6, 6.07) is 50.3. The van der Waals surface area contributed by atoms with Crippen LogP contribution in [0.3, 0.4) is 0 Å². The molecular formula is C47H30N2O. The van der Waals surface area contributed by atoms with Crippen molar-refractivity contribution >= 4 is 21.9 Å². The van der Waals surface area contributed by atoms with Crippen LogP contribution < -0.4 is 0 Å². The second kappa shape index (κ2) is 10.3. The third kappa shape index (κ3) is 3.69. The molecule has 0 saturated heterocycles. The molecule has 3 nitrogen and oxygen atoms in total. The average Bonchev–Trinajstić information content (AvgIpc) is 3.82. The summed E-state index contributed by atoms with van der Waals surface area (Å²) in [4.78, 5) is 10.5. The molecule has 0 radical (unpaired) electrons. The Hall–Kier alpha value is -6.32. The Labute approximate surface area is 289 Å². The molecule has 8 aromatic rings. The van der Waals surface area contributed by atoms with Crippen molar-refractivity contribution in [3.63, 3.8) is 0 Å². The predicted octanol–water partition coefficient (Wildman–Crippen LogP) is 11.7. The Morgan fingerprint density at radius 2 is 1.32 bits per heavy atom. The van der Waals surface area contributed by atoms with E-state index in [9.17, 15) is 0 Å². The van der Waals surface area contributed by atoms with Gasteiger partial charge in [0.15, 0.2) is 5.82 Å². The van der Waals surface area contributed by atoms with Crippen LogP contribution >= 0.6 is 0 Å². The molecule has 0 N–H and O–H groups in total. The Bertz CT molecular complexity index is 2750. The van der Waals surface area contributed by atoms with Gasteiger partial charge in [-0.2, -0.15) is 0 Å². The van der Waals surface area contributed by atoms with E-state index in [4.69, 9.17) is 14.4 Å². The van der Waals surface area contributed by atoms with Crippen LogP contribution in [0.4, 0.5) is 0 Å². The lowest BCUT2D eigenvalue weighted by atomic mass is 9.70. The Balaban J connectivity index is 1.19. The van der Waals surface area contributed by atoms with Crippen LogP contribution in [0.1, 0.15) is 40.3 Å². The molecule has 6 aromatic carbocycles. The highest BCUT2D eigenvalue weighted by Gasteiger charge is 2.52. The van der Waals surface area contributed by atoms with Crippen molar-refractivity contribution < 1.29 is 4.42 Å². The fraction of sp³-hybridized carbons (Fsp3) is 0.0638. The summed E-state index contributed by atoms with van der Waals surface area (Å²) in [5.74, 6) is 0.950. The van der Waals surface area contributed by atoms with Crippen molar-refractivity contribution in [3.8, 4) is 44.9 Å². The minimum atomic E-state index is -0.516. The van der Waals surface area contributed by atoms with Crippen LogP contribution in [0.15, 0.2) is 168 Å². The van der Waals surface area contributed by atoms with Gasteiger partial charge < -0.3 is 4.42 Å². The Kier molecular flexibility index (Phi) is 5.71. The zero-order valence-electron chi connectivity index (χ0n) is 27.2. The summed E-state index contributed by atoms with van der Waals surface area (Å²) >= 11 is 0. The number of allylic oxidation sites excluding steroid dienone is 4. The van der Waals surface area contributed by atoms with Gasteiger partial charge in [0.2, 0.25) is 0 Å². The first-order valence-corrected chi connectivity index (χ1v) is 17.4. The lowest BCUT2D eigenvalue weighted by molar-refractivity contribution is 0.669. The maximum absolute atomic E-state index is 6.72. The summed E-state index contributed by atoms with van der Waals surface area (Å²) in [6.45, 7) is 0. The van der Waals surface area contributed by atoms with Gasteiger partial charge in [-0.25, -0.2) is 9.97 Å². The molecule has 2 aromatic heterocycles. The fourth-order valence-electron chi connectivity index (χ4n) is 8.88. The first-order valence-electron chi connectivity index (χ1n) is 17.4. The fourth-order valence-corrected chi connectivity index (χ4v) is 8.88. The number of aromatic nitrogens is 2. The van der Waals surface area contributed by atoms with E-state index >= 15 is 0 Å². The van der Waals surface area contributed by atoms with Gasteiger partial charge in [-0.1, -0.05) is 146 Å². The van der Waals surface area contributed by atoms with Crippen molar-refractivity contribution in [2.75, 3.05) is 0 Å². The van der Waals surface area contributed by atoms with E-state index in [1.807, 2.05) is 6.07 Å². The van der Waals surface area contributed by atoms with Crippen molar-refractivity contribution in [2.45, 2.75) is 17.8 Å². The third-order valence-corrected chi connectivity index (χ3v) is 11.0. The molecule has 2 unspecified atom stereocenters. The first-order chi connectivity index (χ1) is 24.8. The molecule has 50 heavy (non-hydrogen) atoms. The molecule has 234 valence electrons. The SMILES string of the molecule is C1=CCC(c2cc(-c3ccccc3)nc(-c3ccc4c(c3)C3(c5ccccc5-4)c4ccccc4-c4c3ccc3c4oc4ccccc43)n2)C=C1. The zero-order chi connectivity index (χ0) is 32.8. The Morgan fingerprint density at radius 1 is 0.560 bits per heavy atom. The van der Waals surface area contributed by atoms with E-state index in [1.54, 1.807) is 0 Å². The normalized spacial score (nSPS) is 18.0. The molecule has 0 saturated carbocycles. The predicted molar refractivity (Wildman–Crippen MR) is 202 cm³/mol. The number of hydrogen-bond acceptors (Lipinski definition) is 3. The maximum Gasteiger partial charge on any atom is 0.160 e. The summed E-state index contributed by atoms with van der Waals surface area (Å²) in [5, 5.41) is 2.30. The van der Waals surface area contributed by atoms with Crippen LogP contribution in [0.2, 0.25) is 0 Å². The number of hydrogen-bond donors (Lipinski definition) is 0. The molecule has 2 heterocycles. The molecule has 3 aliphatic rings. The molecular weight excluding hydrogens is 609 g/mol. The highest BCUT2D eigenvalue weighted by molar-refractivity contribution is 6.13. The third-order valence-electron chi connectivity index (χ3n) is 11.0. The number of para-hydroxylation sites is 1. The minimum Gasteiger partial charge on any atom is -0.455 e. The molecule has 3 aliphatic carbocycles. The topological polar surface area (TPSA) is 38.9 Å². The largest absolute Gasteiger partial charge is 0.455 e. The van der Waals surface area contributed by atoms with Crippen LogP contribution in [-0.4, -0.2) is 9.97 Å². The number of nitrogens with zero attached hydrogens (tertiary/aromatic N) is 2. The van der Waals surface area contributed by atoms with E-state index in [0.29, 0.717) is 0 Å². The number of furan rings is 1. The van der Waals surface area contributed by atoms with Crippen molar-refractivity contribution in [1.29, 1.82) is 0 Å². The quantitative estimate of drug-likeness (QED) is 0.193. The molecule has 0 bridgehead atoms. The average molecular weight is 639 g/mol. The summed E-state index contributed by atoms with van der Waals surface area (Å²) < 4.78 is 6.72. The monoisotopic (exact) mass is 638 g/mol. The van der Waals surface area contributed by atoms with Gasteiger partial charge in [0.05, 0.1) is 16.8 Å². The van der Waals surface area contributed by atoms with Gasteiger partial charge in [0.1, 0.15) is 11.2 Å².